The molecule has 0 bridgehead atoms. The van der Waals surface area contributed by atoms with Gasteiger partial charge in [-0.25, -0.2) is 4.79 Å². The van der Waals surface area contributed by atoms with Crippen molar-refractivity contribution in [2.45, 2.75) is 25.3 Å². The van der Waals surface area contributed by atoms with Gasteiger partial charge in [-0.05, 0) is 18.4 Å². The second-order valence-electron chi connectivity index (χ2n) is 5.77. The van der Waals surface area contributed by atoms with Crippen LogP contribution >= 0.6 is 0 Å². The zero-order valence-electron chi connectivity index (χ0n) is 13.0. The predicted octanol–water partition coefficient (Wildman–Crippen LogP) is 2.85. The van der Waals surface area contributed by atoms with E-state index in [0.717, 1.165) is 0 Å². The van der Waals surface area contributed by atoms with Gasteiger partial charge in [-0.15, -0.1) is 6.58 Å². The minimum atomic E-state index is -0.652. The van der Waals surface area contributed by atoms with E-state index in [0.29, 0.717) is 42.6 Å². The van der Waals surface area contributed by atoms with Gasteiger partial charge < -0.3 is 5.32 Å². The molecule has 0 saturated carbocycles. The van der Waals surface area contributed by atoms with E-state index >= 15 is 0 Å². The second kappa shape index (κ2) is 6.27. The summed E-state index contributed by atoms with van der Waals surface area (Å²) >= 11 is 0. The van der Waals surface area contributed by atoms with E-state index in [1.807, 2.05) is 0 Å². The van der Waals surface area contributed by atoms with Crippen molar-refractivity contribution >= 4 is 17.5 Å². The minimum absolute atomic E-state index is 0.0261. The Morgan fingerprint density at radius 2 is 2.17 bits per heavy atom. The van der Waals surface area contributed by atoms with E-state index < -0.39 is 11.0 Å². The highest BCUT2D eigenvalue weighted by Gasteiger charge is 2.38. The van der Waals surface area contributed by atoms with Crippen LogP contribution in [0.5, 0.6) is 0 Å². The number of hydrogen-bond donors (Lipinski definition) is 1. The largest absolute Gasteiger partial charge is 0.327 e. The number of carbonyl (C=O) groups is 2. The number of hydrogen-bond acceptors (Lipinski definition) is 4. The molecule has 1 unspecified atom stereocenters. The summed E-state index contributed by atoms with van der Waals surface area (Å²) in [5.74, 6) is -0.0261. The molecule has 2 aliphatic rings. The summed E-state index contributed by atoms with van der Waals surface area (Å²) in [6.07, 6.45) is 3.35. The lowest BCUT2D eigenvalue weighted by molar-refractivity contribution is -0.384. The normalized spacial score (nSPS) is 20.5. The number of rotatable bonds is 4. The van der Waals surface area contributed by atoms with Gasteiger partial charge in [-0.3, -0.25) is 19.8 Å². The van der Waals surface area contributed by atoms with E-state index in [2.05, 4.69) is 11.9 Å². The van der Waals surface area contributed by atoms with Gasteiger partial charge in [0.05, 0.1) is 11.0 Å². The summed E-state index contributed by atoms with van der Waals surface area (Å²) in [6.45, 7) is 3.97. The number of carbonyl (C=O) groups excluding carboxylic acids is 2. The Hall–Kier alpha value is -2.96. The molecular weight excluding hydrogens is 310 g/mol. The van der Waals surface area contributed by atoms with Crippen molar-refractivity contribution in [3.63, 3.8) is 0 Å². The molecule has 124 valence electrons. The van der Waals surface area contributed by atoms with Crippen LogP contribution in [-0.4, -0.2) is 28.2 Å². The fraction of sp³-hybridized carbons (Fsp3) is 0.294. The SMILES string of the molecule is C=CCN1C(=O)NC(c2cccc([N+](=O)[O-])c2)C2=C1CCCC2=O. The first-order chi connectivity index (χ1) is 11.5. The van der Waals surface area contributed by atoms with Crippen LogP contribution in [0.25, 0.3) is 0 Å². The van der Waals surface area contributed by atoms with Crippen LogP contribution in [0.1, 0.15) is 30.9 Å². The van der Waals surface area contributed by atoms with Gasteiger partial charge in [0.25, 0.3) is 5.69 Å². The van der Waals surface area contributed by atoms with Gasteiger partial charge in [0.15, 0.2) is 5.78 Å². The van der Waals surface area contributed by atoms with Crippen molar-refractivity contribution in [2.24, 2.45) is 0 Å². The van der Waals surface area contributed by atoms with Crippen LogP contribution in [0.15, 0.2) is 48.2 Å². The lowest BCUT2D eigenvalue weighted by Gasteiger charge is -2.38. The lowest BCUT2D eigenvalue weighted by atomic mass is 9.84. The van der Waals surface area contributed by atoms with Crippen molar-refractivity contribution in [1.29, 1.82) is 0 Å². The van der Waals surface area contributed by atoms with Crippen LogP contribution in [0.2, 0.25) is 0 Å². The molecule has 2 amide bonds. The number of nitrogens with one attached hydrogen (secondary N) is 1. The molecule has 7 nitrogen and oxygen atoms in total. The first-order valence-electron chi connectivity index (χ1n) is 7.72. The number of nitrogens with zero attached hydrogens (tertiary/aromatic N) is 2. The van der Waals surface area contributed by atoms with Crippen molar-refractivity contribution < 1.29 is 14.5 Å². The van der Waals surface area contributed by atoms with Crippen LogP contribution < -0.4 is 5.32 Å². The van der Waals surface area contributed by atoms with Crippen molar-refractivity contribution in [3.8, 4) is 0 Å². The van der Waals surface area contributed by atoms with Gasteiger partial charge >= 0.3 is 6.03 Å². The number of allylic oxidation sites excluding steroid dienone is 1. The number of benzene rings is 1. The highest BCUT2D eigenvalue weighted by Crippen LogP contribution is 2.37. The number of urea groups is 1. The highest BCUT2D eigenvalue weighted by molar-refractivity contribution is 6.01. The van der Waals surface area contributed by atoms with E-state index in [1.165, 1.54) is 17.0 Å². The van der Waals surface area contributed by atoms with Crippen molar-refractivity contribution in [2.75, 3.05) is 6.54 Å². The van der Waals surface area contributed by atoms with Crippen LogP contribution in [0.4, 0.5) is 10.5 Å². The molecule has 3 rings (SSSR count). The number of Topliss-reactive ketones (excluding diaryl/α,β-unsaturated/α-hetero) is 1. The third kappa shape index (κ3) is 2.68. The Labute approximate surface area is 138 Å². The van der Waals surface area contributed by atoms with Gasteiger partial charge in [-0.2, -0.15) is 0 Å². The average molecular weight is 327 g/mol. The first kappa shape index (κ1) is 15.9. The molecular formula is C17H17N3O4. The molecule has 1 aliphatic carbocycles. The number of nitro benzene ring substituents is 1. The second-order valence-corrected chi connectivity index (χ2v) is 5.77. The molecule has 1 aliphatic heterocycles. The van der Waals surface area contributed by atoms with Gasteiger partial charge in [0, 0.05) is 36.4 Å². The molecule has 0 aromatic heterocycles. The Morgan fingerprint density at radius 1 is 1.38 bits per heavy atom. The van der Waals surface area contributed by atoms with Gasteiger partial charge in [0.1, 0.15) is 0 Å². The number of nitro groups is 1. The fourth-order valence-electron chi connectivity index (χ4n) is 3.24. The Balaban J connectivity index is 2.10. The predicted molar refractivity (Wildman–Crippen MR) is 87.2 cm³/mol. The van der Waals surface area contributed by atoms with Crippen LogP contribution in [-0.2, 0) is 4.79 Å². The molecule has 1 aromatic carbocycles. The smallest absolute Gasteiger partial charge is 0.322 e. The summed E-state index contributed by atoms with van der Waals surface area (Å²) in [4.78, 5) is 37.0. The Bertz CT molecular complexity index is 769. The van der Waals surface area contributed by atoms with Gasteiger partial charge in [-0.1, -0.05) is 18.2 Å². The molecule has 0 fully saturated rings. The summed E-state index contributed by atoms with van der Waals surface area (Å²) in [5, 5.41) is 13.8. The Morgan fingerprint density at radius 3 is 2.88 bits per heavy atom. The minimum Gasteiger partial charge on any atom is -0.327 e. The van der Waals surface area contributed by atoms with Crippen molar-refractivity contribution in [1.82, 2.24) is 10.2 Å². The Kier molecular flexibility index (Phi) is 4.16. The van der Waals surface area contributed by atoms with E-state index in [1.54, 1.807) is 18.2 Å². The number of amides is 2. The van der Waals surface area contributed by atoms with Crippen LogP contribution in [0.3, 0.4) is 0 Å². The molecule has 1 heterocycles. The molecule has 1 atom stereocenters. The molecule has 0 saturated heterocycles. The maximum atomic E-state index is 12.5. The highest BCUT2D eigenvalue weighted by atomic mass is 16.6. The zero-order chi connectivity index (χ0) is 17.3. The lowest BCUT2D eigenvalue weighted by Crippen LogP contribution is -2.49. The average Bonchev–Trinajstić information content (AvgIpc) is 2.57. The first-order valence-corrected chi connectivity index (χ1v) is 7.72. The third-order valence-corrected chi connectivity index (χ3v) is 4.28. The quantitative estimate of drug-likeness (QED) is 0.523. The van der Waals surface area contributed by atoms with Crippen LogP contribution in [0, 0.1) is 10.1 Å². The number of ketones is 1. The topological polar surface area (TPSA) is 92.6 Å². The van der Waals surface area contributed by atoms with Gasteiger partial charge in [0.2, 0.25) is 0 Å². The summed E-state index contributed by atoms with van der Waals surface area (Å²) in [6, 6.07) is 5.06. The zero-order valence-corrected chi connectivity index (χ0v) is 13.0. The molecule has 1 aromatic rings. The summed E-state index contributed by atoms with van der Waals surface area (Å²) in [7, 11) is 0. The standard InChI is InChI=1S/C17H17N3O4/c1-2-9-19-13-7-4-8-14(21)15(13)16(18-17(19)22)11-5-3-6-12(10-11)20(23)24/h2-3,5-6,10,16H,1,4,7-9H2,(H,18,22). The summed E-state index contributed by atoms with van der Waals surface area (Å²) < 4.78 is 0. The number of non-ortho nitro benzene ring substituents is 1. The molecule has 24 heavy (non-hydrogen) atoms. The summed E-state index contributed by atoms with van der Waals surface area (Å²) in [5.41, 5.74) is 1.70. The van der Waals surface area contributed by atoms with E-state index in [4.69, 9.17) is 0 Å². The van der Waals surface area contributed by atoms with Crippen molar-refractivity contribution in [3.05, 3.63) is 63.9 Å². The van der Waals surface area contributed by atoms with E-state index in [9.17, 15) is 19.7 Å². The molecule has 7 heteroatoms. The molecule has 1 N–H and O–H groups in total. The monoisotopic (exact) mass is 327 g/mol. The molecule has 0 radical (unpaired) electrons. The maximum absolute atomic E-state index is 12.5. The van der Waals surface area contributed by atoms with E-state index in [-0.39, 0.29) is 17.5 Å². The fourth-order valence-corrected chi connectivity index (χ4v) is 3.24. The molecule has 0 spiro atoms. The third-order valence-electron chi connectivity index (χ3n) is 4.28. The maximum Gasteiger partial charge on any atom is 0.322 e.